The fourth-order valence-electron chi connectivity index (χ4n) is 2.53. The molecule has 0 aromatic heterocycles. The van der Waals surface area contributed by atoms with Crippen LogP contribution >= 0.6 is 0 Å². The van der Waals surface area contributed by atoms with Crippen LogP contribution in [0, 0.1) is 0 Å². The van der Waals surface area contributed by atoms with E-state index >= 15 is 0 Å². The van der Waals surface area contributed by atoms with Crippen molar-refractivity contribution in [2.24, 2.45) is 5.73 Å². The molecule has 0 bridgehead atoms. The van der Waals surface area contributed by atoms with Gasteiger partial charge >= 0.3 is 0 Å². The van der Waals surface area contributed by atoms with Gasteiger partial charge in [-0.2, -0.15) is 0 Å². The summed E-state index contributed by atoms with van der Waals surface area (Å²) in [5.74, 6) is 0. The van der Waals surface area contributed by atoms with Gasteiger partial charge < -0.3 is 15.2 Å². The summed E-state index contributed by atoms with van der Waals surface area (Å²) in [6, 6.07) is 0. The lowest BCUT2D eigenvalue weighted by Crippen LogP contribution is -2.65. The van der Waals surface area contributed by atoms with E-state index in [1.807, 2.05) is 0 Å². The second-order valence-corrected chi connectivity index (χ2v) is 5.46. The van der Waals surface area contributed by atoms with Gasteiger partial charge in [0, 0.05) is 37.9 Å². The molecule has 1 saturated heterocycles. The average molecular weight is 230 g/mol. The summed E-state index contributed by atoms with van der Waals surface area (Å²) in [5.41, 5.74) is 6.02. The summed E-state index contributed by atoms with van der Waals surface area (Å²) in [7, 11) is 1.74. The monoisotopic (exact) mass is 230 g/mol. The molecule has 4 heteroatoms. The Morgan fingerprint density at radius 3 is 2.69 bits per heavy atom. The number of rotatable bonds is 5. The molecule has 0 radical (unpaired) electrons. The Kier molecular flexibility index (Phi) is 4.73. The van der Waals surface area contributed by atoms with Crippen molar-refractivity contribution in [1.29, 1.82) is 0 Å². The Bertz CT molecular complexity index is 221. The Labute approximate surface area is 99.1 Å². The predicted molar refractivity (Wildman–Crippen MR) is 65.6 cm³/mol. The zero-order valence-electron chi connectivity index (χ0n) is 11.1. The minimum Gasteiger partial charge on any atom is -0.385 e. The second kappa shape index (κ2) is 5.45. The molecule has 1 aliphatic rings. The van der Waals surface area contributed by atoms with Crippen LogP contribution in [0.2, 0.25) is 0 Å². The highest BCUT2D eigenvalue weighted by Gasteiger charge is 2.41. The lowest BCUT2D eigenvalue weighted by Gasteiger charge is -2.52. The number of nitrogens with zero attached hydrogens (tertiary/aromatic N) is 1. The molecule has 0 aliphatic carbocycles. The molecule has 0 aromatic rings. The Morgan fingerprint density at radius 2 is 2.19 bits per heavy atom. The maximum Gasteiger partial charge on any atom is 0.0645 e. The van der Waals surface area contributed by atoms with E-state index in [9.17, 15) is 0 Å². The van der Waals surface area contributed by atoms with E-state index in [1.54, 1.807) is 7.11 Å². The fourth-order valence-corrected chi connectivity index (χ4v) is 2.53. The molecule has 0 spiro atoms. The first-order valence-electron chi connectivity index (χ1n) is 6.01. The quantitative estimate of drug-likeness (QED) is 0.760. The van der Waals surface area contributed by atoms with Gasteiger partial charge in [-0.15, -0.1) is 0 Å². The van der Waals surface area contributed by atoms with Gasteiger partial charge in [0.1, 0.15) is 0 Å². The van der Waals surface area contributed by atoms with Gasteiger partial charge in [-0.3, -0.25) is 4.90 Å². The number of ether oxygens (including phenoxy) is 2. The average Bonchev–Trinajstić information content (AvgIpc) is 2.25. The van der Waals surface area contributed by atoms with Crippen molar-refractivity contribution in [2.45, 2.75) is 38.3 Å². The number of hydrogen-bond acceptors (Lipinski definition) is 4. The van der Waals surface area contributed by atoms with Gasteiger partial charge in [0.25, 0.3) is 0 Å². The van der Waals surface area contributed by atoms with Crippen molar-refractivity contribution in [3.05, 3.63) is 0 Å². The third-order valence-electron chi connectivity index (χ3n) is 3.58. The normalized spacial score (nSPS) is 25.3. The van der Waals surface area contributed by atoms with Crippen molar-refractivity contribution >= 4 is 0 Å². The van der Waals surface area contributed by atoms with Crippen LogP contribution in [0.3, 0.4) is 0 Å². The predicted octanol–water partition coefficient (Wildman–Crippen LogP) is 0.851. The lowest BCUT2D eigenvalue weighted by atomic mass is 9.88. The number of morpholine rings is 1. The molecule has 0 amide bonds. The number of hydrogen-bond donors (Lipinski definition) is 1. The highest BCUT2D eigenvalue weighted by atomic mass is 16.5. The van der Waals surface area contributed by atoms with Crippen LogP contribution in [-0.2, 0) is 9.47 Å². The van der Waals surface area contributed by atoms with Crippen LogP contribution in [0.5, 0.6) is 0 Å². The van der Waals surface area contributed by atoms with Crippen molar-refractivity contribution in [1.82, 2.24) is 4.90 Å². The van der Waals surface area contributed by atoms with Gasteiger partial charge in [0.05, 0.1) is 13.2 Å². The van der Waals surface area contributed by atoms with Crippen LogP contribution in [0.25, 0.3) is 0 Å². The van der Waals surface area contributed by atoms with Crippen molar-refractivity contribution < 1.29 is 9.47 Å². The fraction of sp³-hybridized carbons (Fsp3) is 1.00. The molecule has 2 N–H and O–H groups in total. The van der Waals surface area contributed by atoms with E-state index in [4.69, 9.17) is 15.2 Å². The highest BCUT2D eigenvalue weighted by molar-refractivity contribution is 4.97. The van der Waals surface area contributed by atoms with E-state index in [0.29, 0.717) is 6.54 Å². The minimum absolute atomic E-state index is 0.00326. The van der Waals surface area contributed by atoms with E-state index in [2.05, 4.69) is 25.7 Å². The lowest BCUT2D eigenvalue weighted by molar-refractivity contribution is -0.104. The molecule has 1 fully saturated rings. The molecule has 1 unspecified atom stereocenters. The van der Waals surface area contributed by atoms with Crippen LogP contribution in [0.15, 0.2) is 0 Å². The van der Waals surface area contributed by atoms with Crippen LogP contribution < -0.4 is 5.73 Å². The molecule has 1 heterocycles. The smallest absolute Gasteiger partial charge is 0.0645 e. The zero-order chi connectivity index (χ0) is 12.2. The largest absolute Gasteiger partial charge is 0.385 e. The zero-order valence-corrected chi connectivity index (χ0v) is 11.1. The van der Waals surface area contributed by atoms with Gasteiger partial charge in [-0.1, -0.05) is 0 Å². The van der Waals surface area contributed by atoms with Gasteiger partial charge in [0.2, 0.25) is 0 Å². The maximum atomic E-state index is 5.96. The molecule has 4 nitrogen and oxygen atoms in total. The molecule has 0 aromatic carbocycles. The van der Waals surface area contributed by atoms with E-state index < -0.39 is 0 Å². The second-order valence-electron chi connectivity index (χ2n) is 5.46. The Morgan fingerprint density at radius 1 is 1.50 bits per heavy atom. The maximum absolute atomic E-state index is 5.96. The van der Waals surface area contributed by atoms with Crippen LogP contribution in [0.1, 0.15) is 27.2 Å². The van der Waals surface area contributed by atoms with E-state index in [-0.39, 0.29) is 11.1 Å². The summed E-state index contributed by atoms with van der Waals surface area (Å²) in [4.78, 5) is 2.47. The Balaban J connectivity index is 2.76. The molecule has 96 valence electrons. The van der Waals surface area contributed by atoms with Gasteiger partial charge in [-0.05, 0) is 27.2 Å². The summed E-state index contributed by atoms with van der Waals surface area (Å²) in [6.45, 7) is 10.6. The topological polar surface area (TPSA) is 47.7 Å². The summed E-state index contributed by atoms with van der Waals surface area (Å²) >= 11 is 0. The van der Waals surface area contributed by atoms with Gasteiger partial charge in [0.15, 0.2) is 0 Å². The SMILES string of the molecule is COCCC(C)(CN)N1CCOCC1(C)C. The first-order valence-corrected chi connectivity index (χ1v) is 6.01. The number of methoxy groups -OCH3 is 1. The highest BCUT2D eigenvalue weighted by Crippen LogP contribution is 2.30. The van der Waals surface area contributed by atoms with Crippen LogP contribution in [-0.4, -0.2) is 56.0 Å². The standard InChI is InChI=1S/C12H26N2O2/c1-11(2)10-16-8-6-14(11)12(3,9-13)5-7-15-4/h5-10,13H2,1-4H3. The first kappa shape index (κ1) is 13.9. The minimum atomic E-state index is 0.00326. The molecular formula is C12H26N2O2. The van der Waals surface area contributed by atoms with Crippen molar-refractivity contribution in [3.8, 4) is 0 Å². The van der Waals surface area contributed by atoms with Crippen LogP contribution in [0.4, 0.5) is 0 Å². The molecule has 0 saturated carbocycles. The third kappa shape index (κ3) is 2.94. The molecule has 1 atom stereocenters. The van der Waals surface area contributed by atoms with Crippen molar-refractivity contribution in [2.75, 3.05) is 40.0 Å². The van der Waals surface area contributed by atoms with E-state index in [0.717, 1.165) is 32.8 Å². The van der Waals surface area contributed by atoms with Crippen molar-refractivity contribution in [3.63, 3.8) is 0 Å². The van der Waals surface area contributed by atoms with Gasteiger partial charge in [-0.25, -0.2) is 0 Å². The first-order chi connectivity index (χ1) is 7.46. The summed E-state index contributed by atoms with van der Waals surface area (Å²) in [6.07, 6.45) is 0.962. The molecule has 1 rings (SSSR count). The molecule has 16 heavy (non-hydrogen) atoms. The molecule has 1 aliphatic heterocycles. The summed E-state index contributed by atoms with van der Waals surface area (Å²) < 4.78 is 10.7. The third-order valence-corrected chi connectivity index (χ3v) is 3.58. The Hall–Kier alpha value is -0.160. The summed E-state index contributed by atoms with van der Waals surface area (Å²) in [5, 5.41) is 0. The molecular weight excluding hydrogens is 204 g/mol. The number of nitrogens with two attached hydrogens (primary N) is 1. The van der Waals surface area contributed by atoms with E-state index in [1.165, 1.54) is 0 Å².